The molecule has 2 fully saturated rings. The van der Waals surface area contributed by atoms with Crippen LogP contribution in [0.3, 0.4) is 0 Å². The lowest BCUT2D eigenvalue weighted by molar-refractivity contribution is 0.440. The van der Waals surface area contributed by atoms with E-state index in [-0.39, 0.29) is 0 Å². The number of pyridine rings is 1. The third kappa shape index (κ3) is 2.70. The lowest BCUT2D eigenvalue weighted by atomic mass is 9.98. The van der Waals surface area contributed by atoms with Crippen LogP contribution in [0.25, 0.3) is 11.2 Å². The van der Waals surface area contributed by atoms with Gasteiger partial charge in [-0.1, -0.05) is 12.8 Å². The Bertz CT molecular complexity index is 610. The van der Waals surface area contributed by atoms with Crippen LogP contribution >= 0.6 is 11.8 Å². The molecule has 0 bridgehead atoms. The summed E-state index contributed by atoms with van der Waals surface area (Å²) in [5.41, 5.74) is 2.20. The van der Waals surface area contributed by atoms with Crippen LogP contribution in [0.5, 0.6) is 0 Å². The van der Waals surface area contributed by atoms with Crippen molar-refractivity contribution in [3.05, 3.63) is 24.2 Å². The van der Waals surface area contributed by atoms with Crippen LogP contribution in [0.4, 0.5) is 0 Å². The minimum Gasteiger partial charge on any atom is -0.310 e. The second-order valence-electron chi connectivity index (χ2n) is 6.44. The SMILES string of the molecule is c1cnc2c(c1)nc(CC1CCSCC1)n2C1CCCC1. The number of aromatic nitrogens is 3. The van der Waals surface area contributed by atoms with Crippen molar-refractivity contribution in [1.82, 2.24) is 14.5 Å². The molecule has 21 heavy (non-hydrogen) atoms. The Hall–Kier alpha value is -1.03. The van der Waals surface area contributed by atoms with E-state index in [1.807, 2.05) is 12.3 Å². The van der Waals surface area contributed by atoms with Gasteiger partial charge in [0.15, 0.2) is 5.65 Å². The summed E-state index contributed by atoms with van der Waals surface area (Å²) in [5, 5.41) is 0. The zero-order valence-corrected chi connectivity index (χ0v) is 13.3. The third-order valence-corrected chi connectivity index (χ3v) is 6.07. The van der Waals surface area contributed by atoms with Crippen molar-refractivity contribution in [2.75, 3.05) is 11.5 Å². The summed E-state index contributed by atoms with van der Waals surface area (Å²) < 4.78 is 2.49. The van der Waals surface area contributed by atoms with Gasteiger partial charge in [0.05, 0.1) is 0 Å². The molecule has 2 aliphatic rings. The average molecular weight is 301 g/mol. The van der Waals surface area contributed by atoms with E-state index >= 15 is 0 Å². The van der Waals surface area contributed by atoms with Crippen molar-refractivity contribution in [2.45, 2.75) is 51.0 Å². The van der Waals surface area contributed by atoms with Gasteiger partial charge in [-0.15, -0.1) is 0 Å². The van der Waals surface area contributed by atoms with Gasteiger partial charge in [0.1, 0.15) is 11.3 Å². The molecule has 1 aliphatic carbocycles. The van der Waals surface area contributed by atoms with Crippen molar-refractivity contribution in [3.8, 4) is 0 Å². The maximum atomic E-state index is 4.95. The van der Waals surface area contributed by atoms with Gasteiger partial charge in [-0.25, -0.2) is 9.97 Å². The molecule has 0 atom stereocenters. The van der Waals surface area contributed by atoms with Crippen LogP contribution in [0, 0.1) is 5.92 Å². The Morgan fingerprint density at radius 3 is 2.76 bits per heavy atom. The largest absolute Gasteiger partial charge is 0.310 e. The zero-order chi connectivity index (χ0) is 14.1. The van der Waals surface area contributed by atoms with Gasteiger partial charge in [-0.2, -0.15) is 11.8 Å². The highest BCUT2D eigenvalue weighted by atomic mass is 32.2. The number of hydrogen-bond donors (Lipinski definition) is 0. The fourth-order valence-corrected chi connectivity index (χ4v) is 5.08. The van der Waals surface area contributed by atoms with Crippen molar-refractivity contribution in [2.24, 2.45) is 5.92 Å². The van der Waals surface area contributed by atoms with E-state index in [2.05, 4.69) is 27.4 Å². The van der Waals surface area contributed by atoms with Gasteiger partial charge in [-0.3, -0.25) is 0 Å². The molecule has 1 saturated carbocycles. The molecule has 0 unspecified atom stereocenters. The number of nitrogens with zero attached hydrogens (tertiary/aromatic N) is 3. The molecule has 0 spiro atoms. The first kappa shape index (κ1) is 13.6. The minimum absolute atomic E-state index is 0.637. The summed E-state index contributed by atoms with van der Waals surface area (Å²) in [6, 6.07) is 4.77. The van der Waals surface area contributed by atoms with Crippen molar-refractivity contribution in [3.63, 3.8) is 0 Å². The Balaban J connectivity index is 1.70. The number of imidazole rings is 1. The van der Waals surface area contributed by atoms with Crippen molar-refractivity contribution < 1.29 is 0 Å². The molecule has 112 valence electrons. The first-order valence-corrected chi connectivity index (χ1v) is 9.47. The normalized spacial score (nSPS) is 21.3. The predicted molar refractivity (Wildman–Crippen MR) is 88.8 cm³/mol. The van der Waals surface area contributed by atoms with E-state index in [0.29, 0.717) is 6.04 Å². The molecule has 2 aromatic heterocycles. The highest BCUT2D eigenvalue weighted by Gasteiger charge is 2.25. The monoisotopic (exact) mass is 301 g/mol. The molecule has 0 N–H and O–H groups in total. The Morgan fingerprint density at radius 2 is 1.95 bits per heavy atom. The molecule has 0 aromatic carbocycles. The first-order valence-electron chi connectivity index (χ1n) is 8.31. The second kappa shape index (κ2) is 5.99. The summed E-state index contributed by atoms with van der Waals surface area (Å²) in [7, 11) is 0. The average Bonchev–Trinajstić information content (AvgIpc) is 3.14. The molecule has 4 rings (SSSR count). The zero-order valence-electron chi connectivity index (χ0n) is 12.5. The molecule has 1 aliphatic heterocycles. The smallest absolute Gasteiger partial charge is 0.160 e. The predicted octanol–water partition coefficient (Wildman–Crippen LogP) is 4.23. The molecule has 2 aromatic rings. The quantitative estimate of drug-likeness (QED) is 0.850. The fraction of sp³-hybridized carbons (Fsp3) is 0.647. The summed E-state index contributed by atoms with van der Waals surface area (Å²) in [4.78, 5) is 9.58. The van der Waals surface area contributed by atoms with Crippen LogP contribution < -0.4 is 0 Å². The van der Waals surface area contributed by atoms with Gasteiger partial charge >= 0.3 is 0 Å². The molecule has 3 heterocycles. The summed E-state index contributed by atoms with van der Waals surface area (Å²) in [6.07, 6.45) is 11.1. The molecule has 0 radical (unpaired) electrons. The third-order valence-electron chi connectivity index (χ3n) is 5.02. The molecular weight excluding hydrogens is 278 g/mol. The second-order valence-corrected chi connectivity index (χ2v) is 7.67. The van der Waals surface area contributed by atoms with Crippen molar-refractivity contribution >= 4 is 22.9 Å². The van der Waals surface area contributed by atoms with E-state index in [0.717, 1.165) is 23.5 Å². The van der Waals surface area contributed by atoms with Crippen molar-refractivity contribution in [1.29, 1.82) is 0 Å². The number of rotatable bonds is 3. The highest BCUT2D eigenvalue weighted by molar-refractivity contribution is 7.99. The number of fused-ring (bicyclic) bond motifs is 1. The Morgan fingerprint density at radius 1 is 1.14 bits per heavy atom. The number of thioether (sulfide) groups is 1. The molecule has 1 saturated heterocycles. The number of hydrogen-bond acceptors (Lipinski definition) is 3. The van der Waals surface area contributed by atoms with Crippen LogP contribution in [-0.2, 0) is 6.42 Å². The molecule has 0 amide bonds. The van der Waals surface area contributed by atoms with Gasteiger partial charge in [-0.05, 0) is 55.2 Å². The molecule has 4 heteroatoms. The van der Waals surface area contributed by atoms with Gasteiger partial charge in [0.2, 0.25) is 0 Å². The van der Waals surface area contributed by atoms with Gasteiger partial charge in [0.25, 0.3) is 0 Å². The van der Waals surface area contributed by atoms with E-state index in [4.69, 9.17) is 4.98 Å². The lowest BCUT2D eigenvalue weighted by Gasteiger charge is -2.23. The fourth-order valence-electron chi connectivity index (χ4n) is 3.88. The van der Waals surface area contributed by atoms with Crippen LogP contribution in [-0.4, -0.2) is 26.0 Å². The minimum atomic E-state index is 0.637. The maximum Gasteiger partial charge on any atom is 0.160 e. The van der Waals surface area contributed by atoms with Gasteiger partial charge in [0, 0.05) is 18.7 Å². The summed E-state index contributed by atoms with van der Waals surface area (Å²) in [5.74, 6) is 4.77. The molecule has 3 nitrogen and oxygen atoms in total. The maximum absolute atomic E-state index is 4.95. The Labute approximate surface area is 130 Å². The molecular formula is C17H23N3S. The van der Waals surface area contributed by atoms with Crippen LogP contribution in [0.15, 0.2) is 18.3 Å². The van der Waals surface area contributed by atoms with Gasteiger partial charge < -0.3 is 4.57 Å². The first-order chi connectivity index (χ1) is 10.4. The van der Waals surface area contributed by atoms with Crippen LogP contribution in [0.2, 0.25) is 0 Å². The van der Waals surface area contributed by atoms with E-state index in [1.165, 1.54) is 55.9 Å². The van der Waals surface area contributed by atoms with Crippen LogP contribution in [0.1, 0.15) is 50.4 Å². The topological polar surface area (TPSA) is 30.7 Å². The van der Waals surface area contributed by atoms with E-state index < -0.39 is 0 Å². The summed E-state index contributed by atoms with van der Waals surface area (Å²) >= 11 is 2.10. The van der Waals surface area contributed by atoms with E-state index in [1.54, 1.807) is 0 Å². The summed E-state index contributed by atoms with van der Waals surface area (Å²) in [6.45, 7) is 0. The lowest BCUT2D eigenvalue weighted by Crippen LogP contribution is -2.17. The Kier molecular flexibility index (Phi) is 3.89. The highest BCUT2D eigenvalue weighted by Crippen LogP contribution is 2.34. The standard InChI is InChI=1S/C17H23N3S/c1-2-5-14(4-1)20-16(12-13-7-10-21-11-8-13)19-15-6-3-9-18-17(15)20/h3,6,9,13-14H,1-2,4-5,7-8,10-12H2. The van der Waals surface area contributed by atoms with E-state index in [9.17, 15) is 0 Å².